The molecule has 0 saturated carbocycles. The van der Waals surface area contributed by atoms with E-state index >= 15 is 0 Å². The minimum atomic E-state index is -0.304. The summed E-state index contributed by atoms with van der Waals surface area (Å²) in [7, 11) is 0. The van der Waals surface area contributed by atoms with Gasteiger partial charge in [-0.05, 0) is 34.9 Å². The van der Waals surface area contributed by atoms with E-state index in [9.17, 15) is 9.90 Å². The number of nitrogens with zero attached hydrogens (tertiary/aromatic N) is 2. The molecule has 0 bridgehead atoms. The van der Waals surface area contributed by atoms with Crippen molar-refractivity contribution in [3.05, 3.63) is 82.2 Å². The number of Topliss-reactive ketones (excluding diaryl/α,β-unsaturated/α-hetero) is 1. The van der Waals surface area contributed by atoms with Crippen LogP contribution in [0.1, 0.15) is 81.2 Å². The number of hydrogen-bond acceptors (Lipinski definition) is 3. The van der Waals surface area contributed by atoms with Gasteiger partial charge in [0.05, 0.1) is 13.1 Å². The summed E-state index contributed by atoms with van der Waals surface area (Å²) in [5.74, 6) is 0.209. The summed E-state index contributed by atoms with van der Waals surface area (Å²) in [5.41, 5.74) is 3.89. The van der Waals surface area contributed by atoms with E-state index in [2.05, 4.69) is 0 Å². The second-order valence-electron chi connectivity index (χ2n) is 10.8. The molecule has 0 aliphatic heterocycles. The van der Waals surface area contributed by atoms with Crippen LogP contribution in [0.4, 0.5) is 0 Å². The van der Waals surface area contributed by atoms with Gasteiger partial charge in [0.1, 0.15) is 5.75 Å². The fraction of sp³-hybridized carbons (Fsp3) is 0.429. The van der Waals surface area contributed by atoms with Gasteiger partial charge in [0, 0.05) is 28.6 Å². The lowest BCUT2D eigenvalue weighted by molar-refractivity contribution is 0.0968. The highest BCUT2D eigenvalue weighted by molar-refractivity contribution is 8.93. The molecule has 0 atom stereocenters. The minimum absolute atomic E-state index is 0. The lowest BCUT2D eigenvalue weighted by atomic mass is 9.78. The summed E-state index contributed by atoms with van der Waals surface area (Å²) in [6, 6.07) is 13.7. The SMILES string of the molecule is Br.CCc1cn(Cc2ccccc2)c(=N)n1CC(=O)c1cc(C(C)(C)C)c(O)c(C(C)(C)C)c1. The van der Waals surface area contributed by atoms with E-state index < -0.39 is 0 Å². The number of phenolic OH excluding ortho intramolecular Hbond substituents is 1. The first-order valence-electron chi connectivity index (χ1n) is 11.6. The van der Waals surface area contributed by atoms with Gasteiger partial charge in [-0.15, -0.1) is 17.0 Å². The summed E-state index contributed by atoms with van der Waals surface area (Å²) in [6.07, 6.45) is 2.71. The molecule has 0 amide bonds. The van der Waals surface area contributed by atoms with Crippen molar-refractivity contribution in [3.8, 4) is 5.75 Å². The van der Waals surface area contributed by atoms with Crippen LogP contribution in [0.5, 0.6) is 5.75 Å². The highest BCUT2D eigenvalue weighted by Gasteiger charge is 2.28. The van der Waals surface area contributed by atoms with E-state index in [-0.39, 0.29) is 45.9 Å². The third kappa shape index (κ3) is 5.90. The molecule has 184 valence electrons. The second-order valence-corrected chi connectivity index (χ2v) is 10.8. The molecule has 34 heavy (non-hydrogen) atoms. The lowest BCUT2D eigenvalue weighted by Crippen LogP contribution is -2.29. The van der Waals surface area contributed by atoms with Crippen LogP contribution in [-0.4, -0.2) is 20.0 Å². The van der Waals surface area contributed by atoms with Crippen molar-refractivity contribution >= 4 is 22.8 Å². The molecule has 6 heteroatoms. The van der Waals surface area contributed by atoms with Crippen molar-refractivity contribution in [1.29, 1.82) is 5.41 Å². The van der Waals surface area contributed by atoms with Crippen LogP contribution in [0.15, 0.2) is 48.7 Å². The predicted molar refractivity (Wildman–Crippen MR) is 143 cm³/mol. The normalized spacial score (nSPS) is 11.9. The summed E-state index contributed by atoms with van der Waals surface area (Å²) in [4.78, 5) is 13.5. The molecule has 3 rings (SSSR count). The van der Waals surface area contributed by atoms with Crippen LogP contribution in [0, 0.1) is 5.41 Å². The standard InChI is InChI=1S/C28H37N3O2.BrH/c1-8-21-17-30(16-19-12-10-9-11-13-19)26(29)31(21)18-24(32)20-14-22(27(2,3)4)25(33)23(15-20)28(5,6)7;/h9-15,17,29,33H,8,16,18H2,1-7H3;1H. The average Bonchev–Trinajstić information content (AvgIpc) is 3.02. The van der Waals surface area contributed by atoms with Gasteiger partial charge in [0.15, 0.2) is 5.78 Å². The number of nitrogens with one attached hydrogen (secondary N) is 1. The van der Waals surface area contributed by atoms with Gasteiger partial charge in [-0.2, -0.15) is 0 Å². The molecule has 5 nitrogen and oxygen atoms in total. The maximum atomic E-state index is 13.5. The number of hydrogen-bond donors (Lipinski definition) is 2. The zero-order valence-electron chi connectivity index (χ0n) is 21.4. The zero-order chi connectivity index (χ0) is 24.6. The summed E-state index contributed by atoms with van der Waals surface area (Å²) >= 11 is 0. The fourth-order valence-corrected chi connectivity index (χ4v) is 4.13. The Morgan fingerprint density at radius 1 is 0.971 bits per heavy atom. The van der Waals surface area contributed by atoms with Gasteiger partial charge in [0.25, 0.3) is 0 Å². The molecule has 0 radical (unpaired) electrons. The van der Waals surface area contributed by atoms with Gasteiger partial charge >= 0.3 is 0 Å². The Morgan fingerprint density at radius 2 is 1.50 bits per heavy atom. The molecule has 0 aliphatic carbocycles. The van der Waals surface area contributed by atoms with Crippen molar-refractivity contribution in [1.82, 2.24) is 9.13 Å². The van der Waals surface area contributed by atoms with Crippen molar-refractivity contribution in [2.24, 2.45) is 0 Å². The van der Waals surface area contributed by atoms with Gasteiger partial charge < -0.3 is 14.2 Å². The lowest BCUT2D eigenvalue weighted by Gasteiger charge is -2.28. The molecule has 0 aliphatic rings. The van der Waals surface area contributed by atoms with E-state index in [0.29, 0.717) is 17.7 Å². The van der Waals surface area contributed by atoms with E-state index in [1.54, 1.807) is 4.57 Å². The quantitative estimate of drug-likeness (QED) is 0.377. The number of carbonyl (C=O) groups excluding carboxylic acids is 1. The Labute approximate surface area is 213 Å². The van der Waals surface area contributed by atoms with Crippen molar-refractivity contribution in [2.45, 2.75) is 78.8 Å². The zero-order valence-corrected chi connectivity index (χ0v) is 23.1. The fourth-order valence-electron chi connectivity index (χ4n) is 4.13. The number of aromatic hydroxyl groups is 1. The molecule has 0 unspecified atom stereocenters. The van der Waals surface area contributed by atoms with Crippen LogP contribution in [0.2, 0.25) is 0 Å². The number of halogens is 1. The highest BCUT2D eigenvalue weighted by atomic mass is 79.9. The molecular weight excluding hydrogens is 490 g/mol. The first-order valence-corrected chi connectivity index (χ1v) is 11.6. The van der Waals surface area contributed by atoms with Gasteiger partial charge in [-0.3, -0.25) is 10.2 Å². The van der Waals surface area contributed by atoms with Gasteiger partial charge in [-0.25, -0.2) is 0 Å². The number of phenols is 1. The Bertz CT molecular complexity index is 1170. The summed E-state index contributed by atoms with van der Waals surface area (Å²) in [6.45, 7) is 15.0. The van der Waals surface area contributed by atoms with Crippen molar-refractivity contribution < 1.29 is 9.90 Å². The van der Waals surface area contributed by atoms with Crippen molar-refractivity contribution in [3.63, 3.8) is 0 Å². The summed E-state index contributed by atoms with van der Waals surface area (Å²) < 4.78 is 3.69. The number of ketones is 1. The molecule has 0 fully saturated rings. The second kappa shape index (κ2) is 10.3. The Hall–Kier alpha value is -2.60. The van der Waals surface area contributed by atoms with E-state index in [0.717, 1.165) is 28.8 Å². The van der Waals surface area contributed by atoms with Crippen LogP contribution >= 0.6 is 17.0 Å². The Balaban J connectivity index is 0.00000408. The maximum absolute atomic E-state index is 13.5. The molecule has 0 saturated heterocycles. The number of benzene rings is 2. The molecule has 2 aromatic carbocycles. The highest BCUT2D eigenvalue weighted by Crippen LogP contribution is 2.39. The molecular formula is C28H38BrN3O2. The van der Waals surface area contributed by atoms with Gasteiger partial charge in [0.2, 0.25) is 5.62 Å². The number of aromatic nitrogens is 2. The smallest absolute Gasteiger partial charge is 0.202 e. The number of rotatable bonds is 6. The maximum Gasteiger partial charge on any atom is 0.202 e. The van der Waals surface area contributed by atoms with E-state index in [4.69, 9.17) is 5.41 Å². The topological polar surface area (TPSA) is 71.0 Å². The Kier molecular flexibility index (Phi) is 8.41. The molecule has 2 N–H and O–H groups in total. The number of imidazole rings is 1. The van der Waals surface area contributed by atoms with Crippen LogP contribution in [0.3, 0.4) is 0 Å². The van der Waals surface area contributed by atoms with E-state index in [1.165, 1.54) is 0 Å². The number of aryl methyl sites for hydroxylation is 1. The monoisotopic (exact) mass is 527 g/mol. The predicted octanol–water partition coefficient (Wildman–Crippen LogP) is 6.14. The largest absolute Gasteiger partial charge is 0.507 e. The minimum Gasteiger partial charge on any atom is -0.507 e. The Morgan fingerprint density at radius 3 is 1.97 bits per heavy atom. The molecule has 3 aromatic rings. The van der Waals surface area contributed by atoms with Crippen LogP contribution < -0.4 is 5.62 Å². The average molecular weight is 529 g/mol. The first-order chi connectivity index (χ1) is 15.3. The molecule has 1 aromatic heterocycles. The van der Waals surface area contributed by atoms with E-state index in [1.807, 2.05) is 102 Å². The first kappa shape index (κ1) is 27.6. The number of carbonyl (C=O) groups is 1. The summed E-state index contributed by atoms with van der Waals surface area (Å²) in [5, 5.41) is 19.7. The van der Waals surface area contributed by atoms with Crippen LogP contribution in [-0.2, 0) is 30.3 Å². The molecule has 0 spiro atoms. The third-order valence-corrected chi connectivity index (χ3v) is 6.09. The molecule has 1 heterocycles. The van der Waals surface area contributed by atoms with Gasteiger partial charge in [-0.1, -0.05) is 78.8 Å². The third-order valence-electron chi connectivity index (χ3n) is 6.09. The van der Waals surface area contributed by atoms with Crippen molar-refractivity contribution in [2.75, 3.05) is 0 Å². The van der Waals surface area contributed by atoms with Crippen LogP contribution in [0.25, 0.3) is 0 Å².